The number of nitrogens with zero attached hydrogens (tertiary/aromatic N) is 4. The molecule has 1 saturated carbocycles. The van der Waals surface area contributed by atoms with E-state index in [1.807, 2.05) is 20.8 Å². The molecule has 0 atom stereocenters. The average molecular weight is 413 g/mol. The minimum atomic E-state index is -0.498. The first kappa shape index (κ1) is 20.1. The van der Waals surface area contributed by atoms with Crippen molar-refractivity contribution in [2.75, 3.05) is 6.54 Å². The van der Waals surface area contributed by atoms with Crippen LogP contribution < -0.4 is 10.6 Å². The van der Waals surface area contributed by atoms with Gasteiger partial charge in [0.15, 0.2) is 11.3 Å². The van der Waals surface area contributed by atoms with Gasteiger partial charge < -0.3 is 20.4 Å². The number of carbonyl (C=O) groups excluding carboxylic acids is 2. The number of amides is 2. The van der Waals surface area contributed by atoms with Gasteiger partial charge in [0.05, 0.1) is 11.8 Å². The van der Waals surface area contributed by atoms with E-state index in [0.29, 0.717) is 34.8 Å². The summed E-state index contributed by atoms with van der Waals surface area (Å²) in [6, 6.07) is 0.105. The Balaban J connectivity index is 1.31. The van der Waals surface area contributed by atoms with Crippen molar-refractivity contribution in [2.24, 2.45) is 5.92 Å². The highest BCUT2D eigenvalue weighted by Gasteiger charge is 2.25. The van der Waals surface area contributed by atoms with Crippen molar-refractivity contribution >= 4 is 28.8 Å². The summed E-state index contributed by atoms with van der Waals surface area (Å²) in [6.45, 7) is 6.13. The van der Waals surface area contributed by atoms with Crippen LogP contribution in [0.3, 0.4) is 0 Å². The van der Waals surface area contributed by atoms with Gasteiger partial charge in [0.2, 0.25) is 0 Å². The molecule has 2 amide bonds. The third-order valence-electron chi connectivity index (χ3n) is 5.32. The van der Waals surface area contributed by atoms with Crippen LogP contribution in [0.5, 0.6) is 0 Å². The highest BCUT2D eigenvalue weighted by molar-refractivity contribution is 6.05. The number of hydrogen-bond donors (Lipinski definition) is 3. The van der Waals surface area contributed by atoms with Gasteiger partial charge in [0.25, 0.3) is 5.91 Å². The van der Waals surface area contributed by atoms with Crippen molar-refractivity contribution in [3.05, 3.63) is 24.3 Å². The number of ether oxygens (including phenoxy) is 1. The lowest BCUT2D eigenvalue weighted by atomic mass is 9.86. The number of rotatable bonds is 4. The molecule has 1 aliphatic carbocycles. The fourth-order valence-corrected chi connectivity index (χ4v) is 3.86. The maximum Gasteiger partial charge on any atom is 0.407 e. The van der Waals surface area contributed by atoms with E-state index in [-0.39, 0.29) is 18.0 Å². The first-order chi connectivity index (χ1) is 14.3. The van der Waals surface area contributed by atoms with E-state index in [9.17, 15) is 9.59 Å². The number of hydrogen-bond acceptors (Lipinski definition) is 6. The molecule has 0 bridgehead atoms. The van der Waals surface area contributed by atoms with E-state index >= 15 is 0 Å². The Morgan fingerprint density at radius 3 is 2.77 bits per heavy atom. The predicted molar refractivity (Wildman–Crippen MR) is 110 cm³/mol. The summed E-state index contributed by atoms with van der Waals surface area (Å²) in [6.07, 6.45) is 8.09. The van der Waals surface area contributed by atoms with Crippen LogP contribution >= 0.6 is 0 Å². The molecule has 0 aromatic carbocycles. The molecule has 4 rings (SSSR count). The Morgan fingerprint density at radius 2 is 2.03 bits per heavy atom. The highest BCUT2D eigenvalue weighted by Crippen LogP contribution is 2.25. The molecular formula is C20H27N7O3. The van der Waals surface area contributed by atoms with Crippen LogP contribution in [0.1, 0.15) is 56.8 Å². The summed E-state index contributed by atoms with van der Waals surface area (Å²) in [5.74, 6) is 0.249. The van der Waals surface area contributed by atoms with Crippen molar-refractivity contribution < 1.29 is 14.3 Å². The Kier molecular flexibility index (Phi) is 5.31. The van der Waals surface area contributed by atoms with E-state index in [1.165, 1.54) is 0 Å². The van der Waals surface area contributed by atoms with E-state index in [2.05, 4.69) is 30.8 Å². The van der Waals surface area contributed by atoms with Gasteiger partial charge in [-0.3, -0.25) is 9.20 Å². The largest absolute Gasteiger partial charge is 0.444 e. The molecule has 10 heteroatoms. The summed E-state index contributed by atoms with van der Waals surface area (Å²) in [5, 5.41) is 13.9. The number of H-pyrrole nitrogens is 1. The SMILES string of the molecule is CC(C)(C)OC(=O)NCC1CCC(NC(=O)c2c[nH]c3ncc4nncn4c23)CC1. The summed E-state index contributed by atoms with van der Waals surface area (Å²) < 4.78 is 7.03. The standard InChI is InChI=1S/C20H27N7O3/c1-20(2,3)30-19(29)23-8-12-4-6-13(7-5-12)25-18(28)14-9-21-17-16(14)27-11-24-26-15(27)10-22-17/h9-13,21H,4-8H2,1-3H3,(H,23,29)(H,25,28). The smallest absolute Gasteiger partial charge is 0.407 e. The Labute approximate surface area is 173 Å². The zero-order chi connectivity index (χ0) is 21.3. The molecule has 0 aliphatic heterocycles. The normalized spacial score (nSPS) is 19.7. The van der Waals surface area contributed by atoms with Crippen LogP contribution in [0.2, 0.25) is 0 Å². The van der Waals surface area contributed by atoms with Crippen LogP contribution in [0, 0.1) is 5.92 Å². The molecule has 3 N–H and O–H groups in total. The van der Waals surface area contributed by atoms with Crippen molar-refractivity contribution in [3.8, 4) is 0 Å². The molecule has 30 heavy (non-hydrogen) atoms. The molecule has 3 aromatic rings. The zero-order valence-corrected chi connectivity index (χ0v) is 17.4. The average Bonchev–Trinajstić information content (AvgIpc) is 3.32. The molecule has 3 heterocycles. The molecular weight excluding hydrogens is 386 g/mol. The lowest BCUT2D eigenvalue weighted by Gasteiger charge is -2.29. The van der Waals surface area contributed by atoms with Gasteiger partial charge >= 0.3 is 6.09 Å². The second-order valence-corrected chi connectivity index (χ2v) is 8.79. The number of aromatic nitrogens is 5. The summed E-state index contributed by atoms with van der Waals surface area (Å²) >= 11 is 0. The minimum absolute atomic E-state index is 0.105. The molecule has 1 aliphatic rings. The second-order valence-electron chi connectivity index (χ2n) is 8.79. The summed E-state index contributed by atoms with van der Waals surface area (Å²) in [5.41, 5.74) is 1.91. The number of nitrogens with one attached hydrogen (secondary N) is 3. The summed E-state index contributed by atoms with van der Waals surface area (Å²) in [7, 11) is 0. The highest BCUT2D eigenvalue weighted by atomic mass is 16.6. The van der Waals surface area contributed by atoms with E-state index in [0.717, 1.165) is 25.7 Å². The zero-order valence-electron chi connectivity index (χ0n) is 17.4. The Hall–Kier alpha value is -3.17. The molecule has 0 unspecified atom stereocenters. The second kappa shape index (κ2) is 7.92. The van der Waals surface area contributed by atoms with Gasteiger partial charge in [0, 0.05) is 18.8 Å². The quantitative estimate of drug-likeness (QED) is 0.603. The third-order valence-corrected chi connectivity index (χ3v) is 5.32. The molecule has 0 spiro atoms. The monoisotopic (exact) mass is 413 g/mol. The number of alkyl carbamates (subject to hydrolysis) is 1. The molecule has 3 aromatic heterocycles. The van der Waals surface area contributed by atoms with Crippen LogP contribution in [-0.2, 0) is 4.74 Å². The topological polar surface area (TPSA) is 126 Å². The lowest BCUT2D eigenvalue weighted by molar-refractivity contribution is 0.0514. The first-order valence-electron chi connectivity index (χ1n) is 10.2. The van der Waals surface area contributed by atoms with E-state index < -0.39 is 5.60 Å². The number of aromatic amines is 1. The predicted octanol–water partition coefficient (Wildman–Crippen LogP) is 2.42. The van der Waals surface area contributed by atoms with Crippen LogP contribution in [0.15, 0.2) is 18.7 Å². The van der Waals surface area contributed by atoms with Crippen molar-refractivity contribution in [3.63, 3.8) is 0 Å². The van der Waals surface area contributed by atoms with E-state index in [4.69, 9.17) is 4.74 Å². The molecule has 1 fully saturated rings. The van der Waals surface area contributed by atoms with Crippen molar-refractivity contribution in [1.82, 2.24) is 35.2 Å². The van der Waals surface area contributed by atoms with E-state index in [1.54, 1.807) is 23.1 Å². The van der Waals surface area contributed by atoms with Gasteiger partial charge in [-0.1, -0.05) is 0 Å². The number of carbonyl (C=O) groups is 2. The fraction of sp³-hybridized carbons (Fsp3) is 0.550. The van der Waals surface area contributed by atoms with Gasteiger partial charge in [-0.05, 0) is 52.4 Å². The van der Waals surface area contributed by atoms with Gasteiger partial charge in [-0.25, -0.2) is 9.78 Å². The van der Waals surface area contributed by atoms with Gasteiger partial charge in [-0.2, -0.15) is 0 Å². The van der Waals surface area contributed by atoms with Gasteiger partial charge in [0.1, 0.15) is 17.4 Å². The molecule has 10 nitrogen and oxygen atoms in total. The third kappa shape index (κ3) is 4.37. The maximum atomic E-state index is 12.9. The van der Waals surface area contributed by atoms with Gasteiger partial charge in [-0.15, -0.1) is 10.2 Å². The van der Waals surface area contributed by atoms with Crippen LogP contribution in [0.25, 0.3) is 16.8 Å². The van der Waals surface area contributed by atoms with Crippen molar-refractivity contribution in [2.45, 2.75) is 58.1 Å². The molecule has 160 valence electrons. The summed E-state index contributed by atoms with van der Waals surface area (Å²) in [4.78, 5) is 32.0. The lowest BCUT2D eigenvalue weighted by Crippen LogP contribution is -2.40. The number of fused-ring (bicyclic) bond motifs is 3. The Morgan fingerprint density at radius 1 is 1.27 bits per heavy atom. The minimum Gasteiger partial charge on any atom is -0.444 e. The fourth-order valence-electron chi connectivity index (χ4n) is 3.86. The Bertz CT molecular complexity index is 1060. The molecule has 0 saturated heterocycles. The van der Waals surface area contributed by atoms with Crippen LogP contribution in [-0.4, -0.2) is 54.8 Å². The maximum absolute atomic E-state index is 12.9. The van der Waals surface area contributed by atoms with Crippen LogP contribution in [0.4, 0.5) is 4.79 Å². The first-order valence-corrected chi connectivity index (χ1v) is 10.2. The van der Waals surface area contributed by atoms with Crippen molar-refractivity contribution in [1.29, 1.82) is 0 Å². The molecule has 0 radical (unpaired) electrons.